The van der Waals surface area contributed by atoms with E-state index in [0.717, 1.165) is 25.8 Å². The molecule has 0 amide bonds. The Morgan fingerprint density at radius 1 is 1.26 bits per heavy atom. The standard InChI is InChI=1S/C15H21NO2S/c1-3-5-6-9-12-16-14-10-7-8-11-15(14)19(17,18)13-4-2/h1,7-8,10-11,16H,4-6,9,12-13H2,2H3. The molecule has 0 unspecified atom stereocenters. The number of sulfone groups is 1. The fourth-order valence-corrected chi connectivity index (χ4v) is 3.36. The number of unbranched alkanes of at least 4 members (excludes halogenated alkanes) is 2. The van der Waals surface area contributed by atoms with Crippen molar-refractivity contribution in [3.63, 3.8) is 0 Å². The molecule has 1 aromatic rings. The van der Waals surface area contributed by atoms with Gasteiger partial charge in [-0.1, -0.05) is 19.1 Å². The number of hydrogen-bond donors (Lipinski definition) is 1. The minimum absolute atomic E-state index is 0.183. The molecular weight excluding hydrogens is 258 g/mol. The van der Waals surface area contributed by atoms with Gasteiger partial charge in [-0.3, -0.25) is 0 Å². The van der Waals surface area contributed by atoms with E-state index >= 15 is 0 Å². The van der Waals surface area contributed by atoms with Crippen molar-refractivity contribution in [3.05, 3.63) is 24.3 Å². The molecule has 0 fully saturated rings. The summed E-state index contributed by atoms with van der Waals surface area (Å²) in [5.41, 5.74) is 0.691. The van der Waals surface area contributed by atoms with Gasteiger partial charge in [-0.25, -0.2) is 8.42 Å². The van der Waals surface area contributed by atoms with Gasteiger partial charge in [-0.05, 0) is 31.4 Å². The number of hydrogen-bond acceptors (Lipinski definition) is 3. The van der Waals surface area contributed by atoms with Gasteiger partial charge in [-0.2, -0.15) is 0 Å². The zero-order valence-corrected chi connectivity index (χ0v) is 12.2. The fraction of sp³-hybridized carbons (Fsp3) is 0.467. The van der Waals surface area contributed by atoms with Crippen molar-refractivity contribution >= 4 is 15.5 Å². The maximum Gasteiger partial charge on any atom is 0.180 e. The molecule has 0 saturated heterocycles. The van der Waals surface area contributed by atoms with E-state index in [1.165, 1.54) is 0 Å². The predicted octanol–water partition coefficient (Wildman–Crippen LogP) is 3.09. The number of rotatable bonds is 8. The Kier molecular flexibility index (Phi) is 6.44. The summed E-state index contributed by atoms with van der Waals surface area (Å²) in [6.45, 7) is 2.60. The first-order valence-electron chi connectivity index (χ1n) is 6.61. The third-order valence-corrected chi connectivity index (χ3v) is 4.73. The molecule has 0 aliphatic carbocycles. The van der Waals surface area contributed by atoms with Gasteiger partial charge in [-0.15, -0.1) is 12.3 Å². The molecule has 4 heteroatoms. The highest BCUT2D eigenvalue weighted by atomic mass is 32.2. The van der Waals surface area contributed by atoms with Gasteiger partial charge < -0.3 is 5.32 Å². The second-order valence-electron chi connectivity index (χ2n) is 4.40. The fourth-order valence-electron chi connectivity index (χ4n) is 1.84. The van der Waals surface area contributed by atoms with E-state index in [2.05, 4.69) is 11.2 Å². The maximum absolute atomic E-state index is 12.1. The minimum atomic E-state index is -3.18. The highest BCUT2D eigenvalue weighted by molar-refractivity contribution is 7.91. The summed E-state index contributed by atoms with van der Waals surface area (Å²) < 4.78 is 24.2. The highest BCUT2D eigenvalue weighted by Gasteiger charge is 2.16. The van der Waals surface area contributed by atoms with Crippen LogP contribution in [0.25, 0.3) is 0 Å². The summed E-state index contributed by atoms with van der Waals surface area (Å²) in [6.07, 6.45) is 8.46. The van der Waals surface area contributed by atoms with Crippen LogP contribution in [0.15, 0.2) is 29.2 Å². The smallest absolute Gasteiger partial charge is 0.180 e. The molecule has 0 radical (unpaired) electrons. The van der Waals surface area contributed by atoms with E-state index in [9.17, 15) is 8.42 Å². The molecule has 1 rings (SSSR count). The Morgan fingerprint density at radius 3 is 2.68 bits per heavy atom. The molecular formula is C15H21NO2S. The van der Waals surface area contributed by atoms with Gasteiger partial charge in [0.15, 0.2) is 9.84 Å². The van der Waals surface area contributed by atoms with Crippen molar-refractivity contribution in [1.29, 1.82) is 0 Å². The maximum atomic E-state index is 12.1. The van der Waals surface area contributed by atoms with Crippen LogP contribution in [-0.4, -0.2) is 20.7 Å². The van der Waals surface area contributed by atoms with Gasteiger partial charge in [0, 0.05) is 13.0 Å². The van der Waals surface area contributed by atoms with Crippen LogP contribution in [0.3, 0.4) is 0 Å². The van der Waals surface area contributed by atoms with E-state index in [1.54, 1.807) is 12.1 Å². The zero-order chi connectivity index (χ0) is 14.1. The van der Waals surface area contributed by atoms with Gasteiger partial charge in [0.25, 0.3) is 0 Å². The first kappa shape index (κ1) is 15.6. The molecule has 19 heavy (non-hydrogen) atoms. The molecule has 3 nitrogen and oxygen atoms in total. The topological polar surface area (TPSA) is 46.2 Å². The van der Waals surface area contributed by atoms with E-state index in [1.807, 2.05) is 19.1 Å². The van der Waals surface area contributed by atoms with Crippen LogP contribution in [0, 0.1) is 12.3 Å². The summed E-state index contributed by atoms with van der Waals surface area (Å²) in [6, 6.07) is 7.07. The quantitative estimate of drug-likeness (QED) is 0.587. The van der Waals surface area contributed by atoms with Crippen molar-refractivity contribution in [2.75, 3.05) is 17.6 Å². The first-order chi connectivity index (χ1) is 9.11. The monoisotopic (exact) mass is 279 g/mol. The van der Waals surface area contributed by atoms with Gasteiger partial charge in [0.1, 0.15) is 0 Å². The molecule has 0 heterocycles. The normalized spacial score (nSPS) is 10.9. The average molecular weight is 279 g/mol. The average Bonchev–Trinajstić information content (AvgIpc) is 2.39. The molecule has 0 atom stereocenters. The lowest BCUT2D eigenvalue weighted by molar-refractivity contribution is 0.595. The molecule has 0 aliphatic rings. The molecule has 0 aromatic heterocycles. The summed E-state index contributed by atoms with van der Waals surface area (Å²) in [5.74, 6) is 2.78. The molecule has 0 bridgehead atoms. The molecule has 1 aromatic carbocycles. The van der Waals surface area contributed by atoms with Gasteiger partial charge in [0.05, 0.1) is 16.3 Å². The Hall–Kier alpha value is -1.47. The van der Waals surface area contributed by atoms with Crippen molar-refractivity contribution in [2.45, 2.75) is 37.5 Å². The molecule has 104 valence electrons. The number of nitrogens with one attached hydrogen (secondary N) is 1. The second-order valence-corrected chi connectivity index (χ2v) is 6.48. The largest absolute Gasteiger partial charge is 0.384 e. The van der Waals surface area contributed by atoms with Crippen LogP contribution in [-0.2, 0) is 9.84 Å². The number of anilines is 1. The summed E-state index contributed by atoms with van der Waals surface area (Å²) >= 11 is 0. The van der Waals surface area contributed by atoms with Crippen molar-refractivity contribution < 1.29 is 8.42 Å². The van der Waals surface area contributed by atoms with Gasteiger partial charge in [0.2, 0.25) is 0 Å². The van der Waals surface area contributed by atoms with Crippen LogP contribution in [0.1, 0.15) is 32.6 Å². The van der Waals surface area contributed by atoms with Crippen molar-refractivity contribution in [1.82, 2.24) is 0 Å². The number of benzene rings is 1. The third kappa shape index (κ3) is 4.96. The number of para-hydroxylation sites is 1. The van der Waals surface area contributed by atoms with Crippen LogP contribution >= 0.6 is 0 Å². The first-order valence-corrected chi connectivity index (χ1v) is 8.26. The van der Waals surface area contributed by atoms with Crippen molar-refractivity contribution in [3.8, 4) is 12.3 Å². The van der Waals surface area contributed by atoms with E-state index < -0.39 is 9.84 Å². The van der Waals surface area contributed by atoms with Crippen LogP contribution in [0.2, 0.25) is 0 Å². The third-order valence-electron chi connectivity index (χ3n) is 2.76. The Morgan fingerprint density at radius 2 is 2.00 bits per heavy atom. The minimum Gasteiger partial charge on any atom is -0.384 e. The SMILES string of the molecule is C#CCCCCNc1ccccc1S(=O)(=O)CCC. The van der Waals surface area contributed by atoms with Crippen LogP contribution in [0.5, 0.6) is 0 Å². The lowest BCUT2D eigenvalue weighted by Gasteiger charge is -2.11. The zero-order valence-electron chi connectivity index (χ0n) is 11.4. The Bertz CT molecular complexity index is 529. The van der Waals surface area contributed by atoms with E-state index in [0.29, 0.717) is 17.0 Å². The summed E-state index contributed by atoms with van der Waals surface area (Å²) in [7, 11) is -3.18. The molecule has 0 aliphatic heterocycles. The lowest BCUT2D eigenvalue weighted by atomic mass is 10.2. The predicted molar refractivity (Wildman–Crippen MR) is 80.0 cm³/mol. The molecule has 1 N–H and O–H groups in total. The Labute approximate surface area is 116 Å². The van der Waals surface area contributed by atoms with Gasteiger partial charge >= 0.3 is 0 Å². The summed E-state index contributed by atoms with van der Waals surface area (Å²) in [5, 5.41) is 3.19. The van der Waals surface area contributed by atoms with E-state index in [-0.39, 0.29) is 5.75 Å². The van der Waals surface area contributed by atoms with E-state index in [4.69, 9.17) is 6.42 Å². The molecule has 0 spiro atoms. The number of terminal acetylenes is 1. The highest BCUT2D eigenvalue weighted by Crippen LogP contribution is 2.22. The molecule has 0 saturated carbocycles. The Balaban J connectivity index is 2.72. The van der Waals surface area contributed by atoms with Crippen LogP contribution < -0.4 is 5.32 Å². The second kappa shape index (κ2) is 7.85. The summed E-state index contributed by atoms with van der Waals surface area (Å²) in [4.78, 5) is 0.397. The lowest BCUT2D eigenvalue weighted by Crippen LogP contribution is -2.11. The van der Waals surface area contributed by atoms with Crippen molar-refractivity contribution in [2.24, 2.45) is 0 Å². The van der Waals surface area contributed by atoms with Crippen LogP contribution in [0.4, 0.5) is 5.69 Å².